The lowest BCUT2D eigenvalue weighted by atomic mass is 9.69. The number of benzene rings is 8. The van der Waals surface area contributed by atoms with Gasteiger partial charge in [0.15, 0.2) is 0 Å². The zero-order valence-corrected chi connectivity index (χ0v) is 40.1. The maximum absolute atomic E-state index is 10.3. The summed E-state index contributed by atoms with van der Waals surface area (Å²) in [5.74, 6) is 1.45. The molecule has 4 saturated carbocycles. The Kier molecular flexibility index (Phi) is 8.37. The Morgan fingerprint density at radius 2 is 0.812 bits per heavy atom. The van der Waals surface area contributed by atoms with Crippen LogP contribution in [0.15, 0.2) is 176 Å². The average Bonchev–Trinajstić information content (AvgIpc) is 4.28. The van der Waals surface area contributed by atoms with Gasteiger partial charge in [-0.1, -0.05) is 198 Å². The van der Waals surface area contributed by atoms with Gasteiger partial charge < -0.3 is 4.90 Å². The number of hydrogen-bond acceptors (Lipinski definition) is 1. The first-order valence-corrected chi connectivity index (χ1v) is 26.4. The Bertz CT molecular complexity index is 3400. The van der Waals surface area contributed by atoms with Gasteiger partial charge in [0.25, 0.3) is 0 Å². The highest BCUT2D eigenvalue weighted by molar-refractivity contribution is 5.98. The van der Waals surface area contributed by atoms with Gasteiger partial charge >= 0.3 is 0 Å². The standard InChI is InChI=1S/C68H61N/c1-67(2)60-23-9-6-21-54(60)56-32-28-51(40-62(56)67)69(66-25-11-8-20-53(66)42-14-4-3-5-15-42)52-29-33-59-55-22-7-10-24-61(55)68(65(59)41-52)63-38-47(49-34-43-16-12-17-44(43)35-49)26-30-57(63)58-31-27-48(39-64(58)68)50-36-45-18-13-19-46(45)37-50/h3-11,14-15,20-33,38-41,43-46,49-50H,12-13,16-19,34-37H2,1-2H3/i49D,50D. The van der Waals surface area contributed by atoms with Crippen LogP contribution >= 0.6 is 0 Å². The second-order valence-electron chi connectivity index (χ2n) is 22.6. The number of rotatable bonds is 6. The van der Waals surface area contributed by atoms with Gasteiger partial charge in [-0.2, -0.15) is 0 Å². The van der Waals surface area contributed by atoms with E-state index in [-0.39, 0.29) is 5.41 Å². The fourth-order valence-electron chi connectivity index (χ4n) is 15.7. The topological polar surface area (TPSA) is 3.24 Å². The fourth-order valence-corrected chi connectivity index (χ4v) is 15.7. The number of fused-ring (bicyclic) bond motifs is 15. The van der Waals surface area contributed by atoms with E-state index in [2.05, 4.69) is 195 Å². The molecular weight excluding hydrogens is 831 g/mol. The molecule has 0 N–H and O–H groups in total. The second-order valence-corrected chi connectivity index (χ2v) is 22.6. The molecule has 4 fully saturated rings. The second kappa shape index (κ2) is 15.0. The van der Waals surface area contributed by atoms with E-state index in [1.165, 1.54) is 128 Å². The highest BCUT2D eigenvalue weighted by atomic mass is 15.1. The molecular formula is C68H61N. The maximum atomic E-state index is 10.3. The van der Waals surface area contributed by atoms with Gasteiger partial charge in [-0.3, -0.25) is 0 Å². The summed E-state index contributed by atoms with van der Waals surface area (Å²) in [4.78, 5) is 2.54. The first-order valence-electron chi connectivity index (χ1n) is 27.4. The molecule has 15 rings (SSSR count). The summed E-state index contributed by atoms with van der Waals surface area (Å²) < 4.78 is 20.6. The van der Waals surface area contributed by atoms with E-state index in [9.17, 15) is 2.74 Å². The van der Waals surface area contributed by atoms with Crippen molar-refractivity contribution in [1.82, 2.24) is 0 Å². The summed E-state index contributed by atoms with van der Waals surface area (Å²) in [5, 5.41) is 0. The van der Waals surface area contributed by atoms with Crippen molar-refractivity contribution in [2.45, 2.75) is 101 Å². The Labute approximate surface area is 412 Å². The summed E-state index contributed by atoms with van der Waals surface area (Å²) in [5.41, 5.74) is 23.0. The molecule has 0 amide bonds. The highest BCUT2D eigenvalue weighted by Crippen LogP contribution is 2.65. The number of para-hydroxylation sites is 1. The van der Waals surface area contributed by atoms with Gasteiger partial charge in [0.2, 0.25) is 0 Å². The zero-order valence-electron chi connectivity index (χ0n) is 42.1. The van der Waals surface area contributed by atoms with Crippen LogP contribution in [-0.2, 0) is 10.8 Å². The highest BCUT2D eigenvalue weighted by Gasteiger charge is 2.53. The summed E-state index contributed by atoms with van der Waals surface area (Å²) in [6.45, 7) is 4.77. The van der Waals surface area contributed by atoms with Gasteiger partial charge in [0.05, 0.1) is 11.1 Å². The fraction of sp³-hybridized carbons (Fsp3) is 0.294. The largest absolute Gasteiger partial charge is 0.310 e. The lowest BCUT2D eigenvalue weighted by Crippen LogP contribution is -2.27. The van der Waals surface area contributed by atoms with Crippen LogP contribution in [0.1, 0.15) is 137 Å². The summed E-state index contributed by atoms with van der Waals surface area (Å²) in [7, 11) is 0. The van der Waals surface area contributed by atoms with Crippen molar-refractivity contribution in [2.24, 2.45) is 23.7 Å². The van der Waals surface area contributed by atoms with E-state index < -0.39 is 17.2 Å². The number of anilines is 3. The van der Waals surface area contributed by atoms with Crippen molar-refractivity contribution < 1.29 is 2.74 Å². The third kappa shape index (κ3) is 5.77. The van der Waals surface area contributed by atoms with Gasteiger partial charge in [0.1, 0.15) is 0 Å². The molecule has 4 unspecified atom stereocenters. The average molecular weight is 894 g/mol. The predicted octanol–water partition coefficient (Wildman–Crippen LogP) is 18.1. The molecule has 69 heavy (non-hydrogen) atoms. The third-order valence-electron chi connectivity index (χ3n) is 19.0. The van der Waals surface area contributed by atoms with Crippen LogP contribution < -0.4 is 4.90 Å². The minimum absolute atomic E-state index is 0.163. The Morgan fingerprint density at radius 3 is 1.39 bits per heavy atom. The molecule has 8 aromatic rings. The minimum atomic E-state index is -0.638. The Hall–Kier alpha value is -6.44. The van der Waals surface area contributed by atoms with Gasteiger partial charge in [-0.25, -0.2) is 0 Å². The van der Waals surface area contributed by atoms with Gasteiger partial charge in [-0.05, 0) is 175 Å². The lowest BCUT2D eigenvalue weighted by molar-refractivity contribution is 0.457. The normalized spacial score (nSPS) is 28.3. The summed E-state index contributed by atoms with van der Waals surface area (Å²) in [6, 6.07) is 67.1. The predicted molar refractivity (Wildman–Crippen MR) is 286 cm³/mol. The van der Waals surface area contributed by atoms with Crippen LogP contribution in [0, 0.1) is 23.7 Å². The molecule has 1 spiro atoms. The summed E-state index contributed by atoms with van der Waals surface area (Å²) in [6.07, 6.45) is 11.5. The van der Waals surface area contributed by atoms with Gasteiger partial charge in [0, 0.05) is 25.1 Å². The van der Waals surface area contributed by atoms with Crippen LogP contribution in [0.2, 0.25) is 0 Å². The SMILES string of the molecule is [2H]C1(c2ccc3c(c2)C2(c4ccccc4-c4ccc(N(c5ccc6c(c5)C(C)(C)c5ccccc5-6)c5ccccc5-c5ccccc5)cc42)c2cc(C4([2H])CC5CCCC5C4)ccc2-3)CC2CCCC2C1. The molecule has 0 radical (unpaired) electrons. The number of hydrogen-bond donors (Lipinski definition) is 0. The molecule has 1 heteroatoms. The van der Waals surface area contributed by atoms with E-state index in [1.54, 1.807) is 0 Å². The summed E-state index contributed by atoms with van der Waals surface area (Å²) >= 11 is 0. The molecule has 7 aliphatic rings. The van der Waals surface area contributed by atoms with Crippen molar-refractivity contribution in [3.63, 3.8) is 0 Å². The lowest BCUT2D eigenvalue weighted by Gasteiger charge is -2.34. The van der Waals surface area contributed by atoms with Crippen molar-refractivity contribution in [2.75, 3.05) is 4.90 Å². The molecule has 8 aromatic carbocycles. The molecule has 338 valence electrons. The Balaban J connectivity index is 0.983. The van der Waals surface area contributed by atoms with E-state index in [4.69, 9.17) is 0 Å². The molecule has 4 atom stereocenters. The molecule has 0 bridgehead atoms. The quantitative estimate of drug-likeness (QED) is 0.161. The molecule has 7 aliphatic carbocycles. The van der Waals surface area contributed by atoms with Gasteiger partial charge in [-0.15, -0.1) is 0 Å². The van der Waals surface area contributed by atoms with Crippen LogP contribution in [0.25, 0.3) is 44.5 Å². The number of nitrogens with zero attached hydrogens (tertiary/aromatic N) is 1. The first-order chi connectivity index (χ1) is 34.6. The molecule has 1 nitrogen and oxygen atoms in total. The minimum Gasteiger partial charge on any atom is -0.310 e. The van der Waals surface area contributed by atoms with E-state index in [0.29, 0.717) is 23.7 Å². The zero-order chi connectivity index (χ0) is 47.4. The molecule has 0 heterocycles. The van der Waals surface area contributed by atoms with Crippen LogP contribution in [0.4, 0.5) is 17.1 Å². The van der Waals surface area contributed by atoms with Crippen LogP contribution in [-0.4, -0.2) is 0 Å². The van der Waals surface area contributed by atoms with Crippen molar-refractivity contribution in [3.8, 4) is 44.5 Å². The maximum Gasteiger partial charge on any atom is 0.0726 e. The molecule has 0 aliphatic heterocycles. The monoisotopic (exact) mass is 893 g/mol. The van der Waals surface area contributed by atoms with E-state index in [1.807, 2.05) is 0 Å². The van der Waals surface area contributed by atoms with Crippen LogP contribution in [0.3, 0.4) is 0 Å². The molecule has 0 saturated heterocycles. The van der Waals surface area contributed by atoms with Crippen molar-refractivity contribution >= 4 is 17.1 Å². The van der Waals surface area contributed by atoms with Crippen molar-refractivity contribution in [3.05, 3.63) is 220 Å². The van der Waals surface area contributed by atoms with E-state index >= 15 is 0 Å². The smallest absolute Gasteiger partial charge is 0.0726 e. The first kappa shape index (κ1) is 38.4. The Morgan fingerprint density at radius 1 is 0.391 bits per heavy atom. The molecule has 0 aromatic heterocycles. The van der Waals surface area contributed by atoms with E-state index in [0.717, 1.165) is 42.7 Å². The third-order valence-corrected chi connectivity index (χ3v) is 19.0. The van der Waals surface area contributed by atoms with Crippen molar-refractivity contribution in [1.29, 1.82) is 0 Å². The van der Waals surface area contributed by atoms with Crippen LogP contribution in [0.5, 0.6) is 0 Å².